The van der Waals surface area contributed by atoms with E-state index in [1.807, 2.05) is 32.0 Å². The maximum Gasteiger partial charge on any atom is 0.163 e. The van der Waals surface area contributed by atoms with Gasteiger partial charge in [0.25, 0.3) is 0 Å². The molecule has 0 aromatic heterocycles. The van der Waals surface area contributed by atoms with E-state index in [2.05, 4.69) is 12.1 Å². The van der Waals surface area contributed by atoms with Crippen LogP contribution >= 0.6 is 0 Å². The molecule has 2 aliphatic rings. The molecule has 2 heterocycles. The van der Waals surface area contributed by atoms with Crippen LogP contribution in [0.4, 0.5) is 0 Å². The zero-order valence-electron chi connectivity index (χ0n) is 12.8. The normalized spacial score (nSPS) is 31.0. The molecule has 4 nitrogen and oxygen atoms in total. The molecule has 0 N–H and O–H groups in total. The maximum absolute atomic E-state index is 5.96. The number of hydrogen-bond donors (Lipinski definition) is 0. The molecule has 1 aromatic rings. The van der Waals surface area contributed by atoms with Gasteiger partial charge in [-0.15, -0.1) is 0 Å². The quantitative estimate of drug-likeness (QED) is 0.756. The van der Waals surface area contributed by atoms with Crippen LogP contribution in [0, 0.1) is 0 Å². The largest absolute Gasteiger partial charge is 0.374 e. The number of ether oxygens (including phenoxy) is 4. The van der Waals surface area contributed by atoms with Crippen LogP contribution in [0.1, 0.15) is 32.3 Å². The topological polar surface area (TPSA) is 40.2 Å². The molecule has 3 atom stereocenters. The third kappa shape index (κ3) is 4.78. The van der Waals surface area contributed by atoms with Crippen LogP contribution in [0.15, 0.2) is 30.3 Å². The van der Waals surface area contributed by atoms with Crippen molar-refractivity contribution in [3.8, 4) is 0 Å². The molecule has 0 aliphatic carbocycles. The third-order valence-electron chi connectivity index (χ3n) is 3.77. The van der Waals surface area contributed by atoms with Gasteiger partial charge in [0.05, 0.1) is 38.1 Å². The Morgan fingerprint density at radius 3 is 2.52 bits per heavy atom. The molecule has 0 spiro atoms. The summed E-state index contributed by atoms with van der Waals surface area (Å²) in [6, 6.07) is 10.2. The highest BCUT2D eigenvalue weighted by atomic mass is 16.7. The van der Waals surface area contributed by atoms with E-state index in [0.29, 0.717) is 19.3 Å². The molecule has 4 heteroatoms. The lowest BCUT2D eigenvalue weighted by atomic mass is 10.0. The minimum Gasteiger partial charge on any atom is -0.374 e. The summed E-state index contributed by atoms with van der Waals surface area (Å²) in [5.74, 6) is -0.543. The SMILES string of the molecule is CC1(C)O[C@H](COCc2ccccc2)C[C@H](C[C@@H]2CO2)O1. The van der Waals surface area contributed by atoms with Crippen LogP contribution in [0.5, 0.6) is 0 Å². The Hall–Kier alpha value is -0.940. The molecule has 0 unspecified atom stereocenters. The molecule has 0 radical (unpaired) electrons. The molecule has 0 bridgehead atoms. The lowest BCUT2D eigenvalue weighted by Crippen LogP contribution is -2.46. The minimum absolute atomic E-state index is 0.0845. The first-order valence-electron chi connectivity index (χ1n) is 7.70. The van der Waals surface area contributed by atoms with Gasteiger partial charge >= 0.3 is 0 Å². The summed E-state index contributed by atoms with van der Waals surface area (Å²) >= 11 is 0. The van der Waals surface area contributed by atoms with E-state index < -0.39 is 5.79 Å². The summed E-state index contributed by atoms with van der Waals surface area (Å²) in [6.45, 7) is 6.03. The van der Waals surface area contributed by atoms with E-state index in [0.717, 1.165) is 19.4 Å². The van der Waals surface area contributed by atoms with E-state index in [1.54, 1.807) is 0 Å². The summed E-state index contributed by atoms with van der Waals surface area (Å²) in [5.41, 5.74) is 1.19. The van der Waals surface area contributed by atoms with E-state index in [4.69, 9.17) is 18.9 Å². The number of hydrogen-bond acceptors (Lipinski definition) is 4. The van der Waals surface area contributed by atoms with Gasteiger partial charge in [0.1, 0.15) is 0 Å². The van der Waals surface area contributed by atoms with Gasteiger partial charge in [-0.05, 0) is 19.4 Å². The first kappa shape index (κ1) is 15.0. The highest BCUT2D eigenvalue weighted by molar-refractivity contribution is 5.13. The first-order valence-corrected chi connectivity index (χ1v) is 7.70. The second kappa shape index (κ2) is 6.44. The molecular weight excluding hydrogens is 268 g/mol. The molecule has 116 valence electrons. The van der Waals surface area contributed by atoms with Crippen molar-refractivity contribution in [3.63, 3.8) is 0 Å². The monoisotopic (exact) mass is 292 g/mol. The van der Waals surface area contributed by atoms with Gasteiger partial charge < -0.3 is 18.9 Å². The first-order chi connectivity index (χ1) is 10.1. The van der Waals surface area contributed by atoms with Crippen LogP contribution in [-0.4, -0.2) is 37.3 Å². The lowest BCUT2D eigenvalue weighted by molar-refractivity contribution is -0.307. The molecule has 2 saturated heterocycles. The van der Waals surface area contributed by atoms with Gasteiger partial charge in [-0.25, -0.2) is 0 Å². The Labute approximate surface area is 126 Å². The summed E-state index contributed by atoms with van der Waals surface area (Å²) in [4.78, 5) is 0. The Morgan fingerprint density at radius 1 is 1.10 bits per heavy atom. The van der Waals surface area contributed by atoms with Crippen LogP contribution < -0.4 is 0 Å². The lowest BCUT2D eigenvalue weighted by Gasteiger charge is -2.40. The smallest absolute Gasteiger partial charge is 0.163 e. The Bertz CT molecular complexity index is 441. The summed E-state index contributed by atoms with van der Waals surface area (Å²) in [5, 5.41) is 0. The van der Waals surface area contributed by atoms with Crippen molar-refractivity contribution in [2.24, 2.45) is 0 Å². The van der Waals surface area contributed by atoms with E-state index in [-0.39, 0.29) is 12.2 Å². The van der Waals surface area contributed by atoms with Crippen molar-refractivity contribution in [1.29, 1.82) is 0 Å². The van der Waals surface area contributed by atoms with Crippen molar-refractivity contribution in [2.75, 3.05) is 13.2 Å². The molecule has 3 rings (SSSR count). The second-order valence-electron chi connectivity index (χ2n) is 6.31. The van der Waals surface area contributed by atoms with Crippen molar-refractivity contribution < 1.29 is 18.9 Å². The van der Waals surface area contributed by atoms with Crippen LogP contribution in [-0.2, 0) is 25.6 Å². The Balaban J connectivity index is 1.47. The average molecular weight is 292 g/mol. The molecule has 1 aromatic carbocycles. The minimum atomic E-state index is -0.543. The van der Waals surface area contributed by atoms with Crippen molar-refractivity contribution in [3.05, 3.63) is 35.9 Å². The van der Waals surface area contributed by atoms with E-state index in [9.17, 15) is 0 Å². The van der Waals surface area contributed by atoms with Gasteiger partial charge in [-0.2, -0.15) is 0 Å². The highest BCUT2D eigenvalue weighted by Crippen LogP contribution is 2.31. The Kier molecular flexibility index (Phi) is 4.60. The van der Waals surface area contributed by atoms with Crippen molar-refractivity contribution in [1.82, 2.24) is 0 Å². The van der Waals surface area contributed by atoms with Crippen molar-refractivity contribution >= 4 is 0 Å². The van der Waals surface area contributed by atoms with Gasteiger partial charge in [0.15, 0.2) is 5.79 Å². The highest BCUT2D eigenvalue weighted by Gasteiger charge is 2.38. The van der Waals surface area contributed by atoms with Crippen LogP contribution in [0.25, 0.3) is 0 Å². The number of rotatable bonds is 6. The summed E-state index contributed by atoms with van der Waals surface area (Å²) < 4.78 is 23.0. The predicted octanol–water partition coefficient (Wildman–Crippen LogP) is 2.90. The third-order valence-corrected chi connectivity index (χ3v) is 3.77. The van der Waals surface area contributed by atoms with Gasteiger partial charge in [-0.3, -0.25) is 0 Å². The summed E-state index contributed by atoms with van der Waals surface area (Å²) in [7, 11) is 0. The number of epoxide rings is 1. The molecule has 2 aliphatic heterocycles. The average Bonchev–Trinajstić information content (AvgIpc) is 3.22. The second-order valence-corrected chi connectivity index (χ2v) is 6.31. The standard InChI is InChI=1S/C17H24O4/c1-17(2)20-14(8-15-12-19-15)9-16(21-17)11-18-10-13-6-4-3-5-7-13/h3-7,14-16H,8-12H2,1-2H3/t14-,15+,16-/m0/s1. The van der Waals surface area contributed by atoms with Crippen LogP contribution in [0.2, 0.25) is 0 Å². The van der Waals surface area contributed by atoms with Gasteiger partial charge in [-0.1, -0.05) is 30.3 Å². The Morgan fingerprint density at radius 2 is 1.81 bits per heavy atom. The summed E-state index contributed by atoms with van der Waals surface area (Å²) in [6.07, 6.45) is 2.50. The number of benzene rings is 1. The molecule has 2 fully saturated rings. The van der Waals surface area contributed by atoms with Crippen LogP contribution in [0.3, 0.4) is 0 Å². The molecule has 21 heavy (non-hydrogen) atoms. The maximum atomic E-state index is 5.96. The van der Waals surface area contributed by atoms with E-state index >= 15 is 0 Å². The van der Waals surface area contributed by atoms with Gasteiger partial charge in [0, 0.05) is 12.8 Å². The van der Waals surface area contributed by atoms with Crippen molar-refractivity contribution in [2.45, 2.75) is 57.4 Å². The fourth-order valence-corrected chi connectivity index (χ4v) is 2.85. The van der Waals surface area contributed by atoms with Gasteiger partial charge in [0.2, 0.25) is 0 Å². The fraction of sp³-hybridized carbons (Fsp3) is 0.647. The predicted molar refractivity (Wildman–Crippen MR) is 78.9 cm³/mol. The van der Waals surface area contributed by atoms with E-state index in [1.165, 1.54) is 5.56 Å². The molecule has 0 amide bonds. The zero-order valence-corrected chi connectivity index (χ0v) is 12.8. The zero-order chi connectivity index (χ0) is 14.7. The molecule has 0 saturated carbocycles. The molecular formula is C17H24O4. The fourth-order valence-electron chi connectivity index (χ4n) is 2.85.